The van der Waals surface area contributed by atoms with Crippen LogP contribution in [-0.2, 0) is 84.6 Å². The number of sulfone groups is 2. The minimum atomic E-state index is -4.62. The van der Waals surface area contributed by atoms with E-state index in [-0.39, 0.29) is 19.8 Å². The monoisotopic (exact) mass is 884 g/mol. The van der Waals surface area contributed by atoms with Gasteiger partial charge in [0, 0.05) is 0 Å². The minimum absolute atomic E-state index is 0.249. The van der Waals surface area contributed by atoms with Crippen LogP contribution in [0.3, 0.4) is 0 Å². The van der Waals surface area contributed by atoms with E-state index in [2.05, 4.69) is 0 Å². The molecule has 0 atom stereocenters. The summed E-state index contributed by atoms with van der Waals surface area (Å²) in [7, 11) is -9.25. The van der Waals surface area contributed by atoms with Crippen LogP contribution in [0, 0.1) is 0 Å². The molecule has 0 aromatic heterocycles. The summed E-state index contributed by atoms with van der Waals surface area (Å²) >= 11 is 4.41. The van der Waals surface area contributed by atoms with E-state index in [0.29, 0.717) is 0 Å². The maximum absolute atomic E-state index is 13.8. The quantitative estimate of drug-likeness (QED) is 0.372. The van der Waals surface area contributed by atoms with Crippen molar-refractivity contribution in [3.8, 4) is 0 Å². The first-order valence-electron chi connectivity index (χ1n) is 8.60. The second-order valence-electron chi connectivity index (χ2n) is 6.39. The van der Waals surface area contributed by atoms with Gasteiger partial charge >= 0.3 is 218 Å². The van der Waals surface area contributed by atoms with E-state index < -0.39 is 80.8 Å². The van der Waals surface area contributed by atoms with Crippen molar-refractivity contribution in [2.45, 2.75) is 22.7 Å². The van der Waals surface area contributed by atoms with Crippen molar-refractivity contribution in [1.82, 2.24) is 0 Å². The molecule has 2 aromatic rings. The zero-order valence-corrected chi connectivity index (χ0v) is 30.5. The molecule has 0 aliphatic heterocycles. The van der Waals surface area contributed by atoms with Gasteiger partial charge in [0.2, 0.25) is 0 Å². The molecule has 0 bridgehead atoms. The molecule has 0 amide bonds. The van der Waals surface area contributed by atoms with Crippen molar-refractivity contribution in [1.29, 1.82) is 0 Å². The number of carbonyl (C=O) groups is 2. The molecule has 0 saturated heterocycles. The molecular weight excluding hydrogens is 868 g/mol. The summed E-state index contributed by atoms with van der Waals surface area (Å²) in [6, 6.07) is 9.91. The van der Waals surface area contributed by atoms with Gasteiger partial charge in [0.05, 0.1) is 0 Å². The van der Waals surface area contributed by atoms with Crippen molar-refractivity contribution in [2.24, 2.45) is 0 Å². The van der Waals surface area contributed by atoms with Gasteiger partial charge in [-0.3, -0.25) is 0 Å². The Bertz CT molecular complexity index is 1090. The van der Waals surface area contributed by atoms with Gasteiger partial charge in [0.1, 0.15) is 0 Å². The molecule has 0 spiro atoms. The third kappa shape index (κ3) is 6.00. The summed E-state index contributed by atoms with van der Waals surface area (Å²) in [5, 5.41) is 0.499. The summed E-state index contributed by atoms with van der Waals surface area (Å²) in [5.74, 6) is -1.58. The Balaban J connectivity index is 2.84. The van der Waals surface area contributed by atoms with Gasteiger partial charge in [-0.2, -0.15) is 0 Å². The average molecular weight is 883 g/mol. The Hall–Kier alpha value is -0.270. The van der Waals surface area contributed by atoms with Crippen LogP contribution in [0.2, 0.25) is 10.0 Å². The number of halogens is 2. The van der Waals surface area contributed by atoms with Crippen LogP contribution >= 0.6 is 23.2 Å². The van der Waals surface area contributed by atoms with E-state index in [0.717, 1.165) is 13.8 Å². The van der Waals surface area contributed by atoms with E-state index in [1.54, 1.807) is 0 Å². The Morgan fingerprint density at radius 1 is 0.710 bits per heavy atom. The fourth-order valence-corrected chi connectivity index (χ4v) is 37.5. The predicted octanol–water partition coefficient (Wildman–Crippen LogP) is 2.97. The van der Waals surface area contributed by atoms with Gasteiger partial charge in [-0.25, -0.2) is 0 Å². The van der Waals surface area contributed by atoms with Crippen molar-refractivity contribution in [3.05, 3.63) is 58.6 Å². The molecule has 0 N–H and O–H groups in total. The summed E-state index contributed by atoms with van der Waals surface area (Å²) in [6.07, 6.45) is 0. The molecule has 31 heavy (non-hydrogen) atoms. The Labute approximate surface area is 215 Å². The molecule has 160 valence electrons. The molecular formula is C17H14Cl2Hg2O8S2. The molecule has 0 heterocycles. The third-order valence-corrected chi connectivity index (χ3v) is 53.3. The van der Waals surface area contributed by atoms with Crippen LogP contribution in [0.5, 0.6) is 0 Å². The van der Waals surface area contributed by atoms with Crippen molar-refractivity contribution in [2.75, 3.05) is 0 Å². The first kappa shape index (κ1) is 27.0. The van der Waals surface area contributed by atoms with Crippen LogP contribution in [0.15, 0.2) is 58.3 Å². The molecule has 0 fully saturated rings. The number of rotatable bonds is 8. The summed E-state index contributed by atoms with van der Waals surface area (Å²) < 4.78 is 62.9. The molecule has 14 heteroatoms. The van der Waals surface area contributed by atoms with Gasteiger partial charge < -0.3 is 0 Å². The van der Waals surface area contributed by atoms with Crippen LogP contribution in [0.1, 0.15) is 13.8 Å². The van der Waals surface area contributed by atoms with Crippen molar-refractivity contribution < 1.29 is 81.8 Å². The molecule has 2 rings (SSSR count). The van der Waals surface area contributed by atoms with Crippen LogP contribution in [0.25, 0.3) is 0 Å². The average Bonchev–Trinajstić information content (AvgIpc) is 2.68. The van der Waals surface area contributed by atoms with E-state index in [9.17, 15) is 26.4 Å². The Morgan fingerprint density at radius 2 is 1.00 bits per heavy atom. The Morgan fingerprint density at radius 3 is 1.26 bits per heavy atom. The topological polar surface area (TPSA) is 121 Å². The molecule has 8 nitrogen and oxygen atoms in total. The van der Waals surface area contributed by atoms with Crippen molar-refractivity contribution in [3.63, 3.8) is 0 Å². The number of carbonyl (C=O) groups excluding carboxylic acids is 2. The first-order chi connectivity index (χ1) is 14.3. The maximum atomic E-state index is 13.8. The molecule has 0 saturated carbocycles. The zero-order valence-electron chi connectivity index (χ0n) is 16.4. The second-order valence-corrected chi connectivity index (χ2v) is 49.0. The van der Waals surface area contributed by atoms with Gasteiger partial charge in [-0.05, 0) is 0 Å². The molecule has 0 aliphatic carbocycles. The Kier molecular flexibility index (Phi) is 9.37. The van der Waals surface area contributed by atoms with Gasteiger partial charge in [0.15, 0.2) is 0 Å². The van der Waals surface area contributed by atoms with E-state index in [4.69, 9.17) is 28.5 Å². The third-order valence-electron chi connectivity index (χ3n) is 4.22. The van der Waals surface area contributed by atoms with Crippen LogP contribution in [0.4, 0.5) is 0 Å². The van der Waals surface area contributed by atoms with Crippen LogP contribution in [-0.4, -0.2) is 27.9 Å². The fourth-order valence-electron chi connectivity index (χ4n) is 2.58. The summed E-state index contributed by atoms with van der Waals surface area (Å²) in [6.45, 7) is 2.13. The van der Waals surface area contributed by atoms with Crippen molar-refractivity contribution >= 4 is 54.8 Å². The number of hydrogen-bond acceptors (Lipinski definition) is 8. The zero-order chi connectivity index (χ0) is 23.4. The summed E-state index contributed by atoms with van der Waals surface area (Å²) in [5.41, 5.74) is 0. The van der Waals surface area contributed by atoms with Gasteiger partial charge in [0.25, 0.3) is 0 Å². The van der Waals surface area contributed by atoms with E-state index in [1.807, 2.05) is 0 Å². The number of benzene rings is 2. The molecule has 0 aliphatic rings. The van der Waals surface area contributed by atoms with E-state index in [1.165, 1.54) is 48.5 Å². The van der Waals surface area contributed by atoms with Gasteiger partial charge in [-0.15, -0.1) is 0 Å². The number of hydrogen-bond donors (Lipinski definition) is 0. The molecule has 2 aromatic carbocycles. The second kappa shape index (κ2) is 10.8. The molecule has 0 radical (unpaired) electrons. The van der Waals surface area contributed by atoms with E-state index >= 15 is 0 Å². The molecule has 0 unspecified atom stereocenters. The fraction of sp³-hybridized carbons (Fsp3) is 0.176. The first-order valence-corrected chi connectivity index (χ1v) is 22.3. The SMILES string of the molecule is CC(=O)[O][Hg][C]([Hg][O]C(C)=O)(S(=O)(=O)c1ccc(Cl)cc1)S(=O)(=O)c1ccc(Cl)cc1. The predicted molar refractivity (Wildman–Crippen MR) is 104 cm³/mol. The standard InChI is InChI=1S/C13H8Cl2O4S2.2C2H4O2.2Hg/c14-10-1-5-12(6-2-10)20(16,17)9-21(18,19)13-7-3-11(15)4-8-13;2*1-2(3)4;;/h1-8H;2*1H3,(H,3,4);;/q;;;2*+1/p-2. The normalized spacial score (nSPS) is 11.7. The summed E-state index contributed by atoms with van der Waals surface area (Å²) in [4.78, 5) is 22.5. The van der Waals surface area contributed by atoms with Gasteiger partial charge in [-0.1, -0.05) is 0 Å². The van der Waals surface area contributed by atoms with Crippen LogP contribution < -0.4 is 0 Å².